The monoisotopic (exact) mass is 258 g/mol. The molecule has 16 heavy (non-hydrogen) atoms. The molecule has 0 aliphatic rings. The molecule has 1 amide bonds. The van der Waals surface area contributed by atoms with Crippen molar-refractivity contribution in [1.82, 2.24) is 15.1 Å². The van der Waals surface area contributed by atoms with Crippen molar-refractivity contribution in [3.05, 3.63) is 12.7 Å². The van der Waals surface area contributed by atoms with E-state index in [1.807, 2.05) is 0 Å². The van der Waals surface area contributed by atoms with Crippen molar-refractivity contribution >= 4 is 34.1 Å². The summed E-state index contributed by atoms with van der Waals surface area (Å²) in [6, 6.07) is 0. The fourth-order valence-corrected chi connectivity index (χ4v) is 2.49. The zero-order valence-electron chi connectivity index (χ0n) is 9.27. The summed E-state index contributed by atoms with van der Waals surface area (Å²) >= 11 is 2.84. The predicted octanol–water partition coefficient (Wildman–Crippen LogP) is 1.32. The highest BCUT2D eigenvalue weighted by Gasteiger charge is 2.08. The lowest BCUT2D eigenvalue weighted by molar-refractivity contribution is -0.125. The molecule has 1 rings (SSSR count). The lowest BCUT2D eigenvalue weighted by atomic mass is 10.6. The Balaban J connectivity index is 2.40. The predicted molar refractivity (Wildman–Crippen MR) is 68.0 cm³/mol. The summed E-state index contributed by atoms with van der Waals surface area (Å²) in [5.41, 5.74) is 0. The number of nitrogens with one attached hydrogen (secondary N) is 1. The topological polar surface area (TPSA) is 58.1 Å². The van der Waals surface area contributed by atoms with Gasteiger partial charge in [-0.15, -0.1) is 16.8 Å². The lowest BCUT2D eigenvalue weighted by Crippen LogP contribution is -2.23. The summed E-state index contributed by atoms with van der Waals surface area (Å²) in [6.07, 6.45) is 1.75. The average molecular weight is 258 g/mol. The highest BCUT2D eigenvalue weighted by atomic mass is 32.2. The number of hydrogen-bond acceptors (Lipinski definition) is 6. The Morgan fingerprint density at radius 1 is 1.62 bits per heavy atom. The molecule has 1 aromatic heterocycles. The number of hydrogen-bond donors (Lipinski definition) is 1. The van der Waals surface area contributed by atoms with Gasteiger partial charge in [0, 0.05) is 20.6 Å². The van der Waals surface area contributed by atoms with Crippen LogP contribution in [0.3, 0.4) is 0 Å². The van der Waals surface area contributed by atoms with Crippen molar-refractivity contribution in [2.45, 2.75) is 4.34 Å². The molecule has 0 spiro atoms. The number of anilines is 1. The van der Waals surface area contributed by atoms with E-state index in [0.29, 0.717) is 12.3 Å². The number of nitrogens with zero attached hydrogens (tertiary/aromatic N) is 3. The van der Waals surface area contributed by atoms with Crippen LogP contribution >= 0.6 is 23.1 Å². The summed E-state index contributed by atoms with van der Waals surface area (Å²) in [7, 11) is 3.47. The van der Waals surface area contributed by atoms with Crippen molar-refractivity contribution in [2.75, 3.05) is 31.7 Å². The molecule has 7 heteroatoms. The highest BCUT2D eigenvalue weighted by Crippen LogP contribution is 2.25. The van der Waals surface area contributed by atoms with Crippen LogP contribution in [-0.4, -0.2) is 47.4 Å². The van der Waals surface area contributed by atoms with Crippen molar-refractivity contribution in [2.24, 2.45) is 0 Å². The Morgan fingerprint density at radius 3 is 3.00 bits per heavy atom. The number of carbonyl (C=O) groups excluding carboxylic acids is 1. The summed E-state index contributed by atoms with van der Waals surface area (Å²) < 4.78 is 0.793. The molecule has 0 aromatic carbocycles. The number of amides is 1. The largest absolute Gasteiger partial charge is 0.357 e. The molecule has 0 radical (unpaired) electrons. The number of thioether (sulfide) groups is 1. The van der Waals surface area contributed by atoms with Crippen molar-refractivity contribution in [1.29, 1.82) is 0 Å². The summed E-state index contributed by atoms with van der Waals surface area (Å²) in [5, 5.41) is 11.7. The molecule has 0 aliphatic heterocycles. The molecule has 1 N–H and O–H groups in total. The normalized spacial score (nSPS) is 9.88. The van der Waals surface area contributed by atoms with Crippen LogP contribution in [0.15, 0.2) is 17.0 Å². The Hall–Kier alpha value is -1.08. The third-order valence-electron chi connectivity index (χ3n) is 1.62. The maximum absolute atomic E-state index is 11.3. The van der Waals surface area contributed by atoms with Gasteiger partial charge in [0.15, 0.2) is 4.34 Å². The van der Waals surface area contributed by atoms with E-state index in [2.05, 4.69) is 22.1 Å². The van der Waals surface area contributed by atoms with Gasteiger partial charge >= 0.3 is 0 Å². The first kappa shape index (κ1) is 13.0. The second-order valence-electron chi connectivity index (χ2n) is 3.12. The van der Waals surface area contributed by atoms with Gasteiger partial charge in [-0.2, -0.15) is 0 Å². The van der Waals surface area contributed by atoms with E-state index in [1.165, 1.54) is 23.1 Å². The molecule has 1 heterocycles. The minimum Gasteiger partial charge on any atom is -0.357 e. The molecule has 0 atom stereocenters. The Labute approximate surface area is 103 Å². The molecule has 88 valence electrons. The minimum absolute atomic E-state index is 0.0702. The van der Waals surface area contributed by atoms with Gasteiger partial charge in [-0.25, -0.2) is 0 Å². The van der Waals surface area contributed by atoms with Gasteiger partial charge in [0.05, 0.1) is 5.75 Å². The smallest absolute Gasteiger partial charge is 0.232 e. The first-order valence-electron chi connectivity index (χ1n) is 4.64. The Bertz CT molecular complexity index is 364. The molecular formula is C9H14N4OS2. The van der Waals surface area contributed by atoms with Gasteiger partial charge in [0.2, 0.25) is 11.0 Å². The van der Waals surface area contributed by atoms with Gasteiger partial charge in [0.1, 0.15) is 0 Å². The van der Waals surface area contributed by atoms with Gasteiger partial charge in [0.25, 0.3) is 0 Å². The summed E-state index contributed by atoms with van der Waals surface area (Å²) in [6.45, 7) is 4.26. The second-order valence-corrected chi connectivity index (χ2v) is 5.32. The SMILES string of the molecule is C=CCNc1nnc(SCC(=O)N(C)C)s1. The fraction of sp³-hybridized carbons (Fsp3) is 0.444. The van der Waals surface area contributed by atoms with E-state index in [1.54, 1.807) is 25.1 Å². The minimum atomic E-state index is 0.0702. The zero-order chi connectivity index (χ0) is 12.0. The van der Waals surface area contributed by atoms with E-state index in [0.717, 1.165) is 9.47 Å². The number of rotatable bonds is 6. The van der Waals surface area contributed by atoms with Crippen LogP contribution in [0.5, 0.6) is 0 Å². The number of carbonyl (C=O) groups is 1. The van der Waals surface area contributed by atoms with Crippen LogP contribution in [0.4, 0.5) is 5.13 Å². The van der Waals surface area contributed by atoms with E-state index >= 15 is 0 Å². The van der Waals surface area contributed by atoms with Crippen LogP contribution in [0.25, 0.3) is 0 Å². The zero-order valence-corrected chi connectivity index (χ0v) is 10.9. The Morgan fingerprint density at radius 2 is 2.38 bits per heavy atom. The lowest BCUT2D eigenvalue weighted by Gasteiger charge is -2.07. The van der Waals surface area contributed by atoms with Crippen LogP contribution in [0, 0.1) is 0 Å². The van der Waals surface area contributed by atoms with Gasteiger partial charge < -0.3 is 10.2 Å². The molecule has 1 aromatic rings. The molecule has 0 saturated carbocycles. The molecule has 0 fully saturated rings. The van der Waals surface area contributed by atoms with Crippen molar-refractivity contribution in [3.8, 4) is 0 Å². The van der Waals surface area contributed by atoms with Gasteiger partial charge in [-0.1, -0.05) is 29.2 Å². The highest BCUT2D eigenvalue weighted by molar-refractivity contribution is 8.01. The van der Waals surface area contributed by atoms with E-state index in [9.17, 15) is 4.79 Å². The molecule has 0 bridgehead atoms. The average Bonchev–Trinajstić information content (AvgIpc) is 2.70. The quantitative estimate of drug-likeness (QED) is 0.616. The van der Waals surface area contributed by atoms with E-state index in [-0.39, 0.29) is 5.91 Å². The molecule has 0 saturated heterocycles. The van der Waals surface area contributed by atoms with Crippen LogP contribution in [0.2, 0.25) is 0 Å². The van der Waals surface area contributed by atoms with Crippen LogP contribution in [0.1, 0.15) is 0 Å². The van der Waals surface area contributed by atoms with Crippen molar-refractivity contribution < 1.29 is 4.79 Å². The molecule has 0 unspecified atom stereocenters. The van der Waals surface area contributed by atoms with Gasteiger partial charge in [-0.3, -0.25) is 4.79 Å². The first-order valence-corrected chi connectivity index (χ1v) is 6.45. The molecular weight excluding hydrogens is 244 g/mol. The maximum atomic E-state index is 11.3. The van der Waals surface area contributed by atoms with Crippen LogP contribution in [-0.2, 0) is 4.79 Å². The Kier molecular flexibility index (Phi) is 5.27. The standard InChI is InChI=1S/C9H14N4OS2/c1-4-5-10-8-11-12-9(16-8)15-6-7(14)13(2)3/h4H,1,5-6H2,2-3H3,(H,10,11). The van der Waals surface area contributed by atoms with Crippen molar-refractivity contribution in [3.63, 3.8) is 0 Å². The number of aromatic nitrogens is 2. The molecule has 0 aliphatic carbocycles. The summed E-state index contributed by atoms with van der Waals surface area (Å²) in [5.74, 6) is 0.462. The van der Waals surface area contributed by atoms with E-state index < -0.39 is 0 Å². The van der Waals surface area contributed by atoms with E-state index in [4.69, 9.17) is 0 Å². The maximum Gasteiger partial charge on any atom is 0.232 e. The third kappa shape index (κ3) is 4.19. The second kappa shape index (κ2) is 6.49. The van der Waals surface area contributed by atoms with Gasteiger partial charge in [-0.05, 0) is 0 Å². The van der Waals surface area contributed by atoms with Crippen LogP contribution < -0.4 is 5.32 Å². The first-order chi connectivity index (χ1) is 7.63. The molecule has 5 nitrogen and oxygen atoms in total. The third-order valence-corrected chi connectivity index (χ3v) is 3.62. The summed E-state index contributed by atoms with van der Waals surface area (Å²) in [4.78, 5) is 12.9. The fourth-order valence-electron chi connectivity index (χ4n) is 0.752.